The van der Waals surface area contributed by atoms with Crippen molar-refractivity contribution in [2.75, 3.05) is 11.9 Å². The average Bonchev–Trinajstić information content (AvgIpc) is 2.56. The van der Waals surface area contributed by atoms with Crippen LogP contribution in [0.3, 0.4) is 0 Å². The number of phenols is 1. The molecular formula is C19H21NO4. The zero-order valence-corrected chi connectivity index (χ0v) is 14.1. The molecule has 0 radical (unpaired) electrons. The molecule has 0 aromatic heterocycles. The lowest BCUT2D eigenvalue weighted by Crippen LogP contribution is -2.22. The number of benzene rings is 2. The molecule has 0 unspecified atom stereocenters. The average molecular weight is 327 g/mol. The maximum atomic E-state index is 12.1. The van der Waals surface area contributed by atoms with Gasteiger partial charge in [0.05, 0.1) is 0 Å². The molecule has 2 N–H and O–H groups in total. The van der Waals surface area contributed by atoms with Crippen molar-refractivity contribution in [2.45, 2.75) is 27.2 Å². The summed E-state index contributed by atoms with van der Waals surface area (Å²) in [7, 11) is 0. The fraction of sp³-hybridized carbons (Fsp3) is 0.263. The Hall–Kier alpha value is -2.82. The standard InChI is InChI=1S/C19H21NO4/c1-4-14-7-5-6-13(3)18(14)20-17(22)11-24-19(23)15-10-12(2)8-9-16(15)21/h5-10,21H,4,11H2,1-3H3,(H,20,22). The highest BCUT2D eigenvalue weighted by Crippen LogP contribution is 2.21. The number of amides is 1. The summed E-state index contributed by atoms with van der Waals surface area (Å²) < 4.78 is 5.00. The molecule has 0 heterocycles. The SMILES string of the molecule is CCc1cccc(C)c1NC(=O)COC(=O)c1cc(C)ccc1O. The number of aryl methyl sites for hydroxylation is 3. The maximum absolute atomic E-state index is 12.1. The second kappa shape index (κ2) is 7.64. The maximum Gasteiger partial charge on any atom is 0.342 e. The molecule has 0 saturated carbocycles. The van der Waals surface area contributed by atoms with Gasteiger partial charge in [0.1, 0.15) is 11.3 Å². The summed E-state index contributed by atoms with van der Waals surface area (Å²) in [6.45, 7) is 5.30. The molecule has 0 atom stereocenters. The Morgan fingerprint density at radius 1 is 1.17 bits per heavy atom. The van der Waals surface area contributed by atoms with Crippen LogP contribution in [0.25, 0.3) is 0 Å². The van der Waals surface area contributed by atoms with Crippen molar-refractivity contribution in [1.82, 2.24) is 0 Å². The van der Waals surface area contributed by atoms with Gasteiger partial charge in [-0.25, -0.2) is 4.79 Å². The highest BCUT2D eigenvalue weighted by atomic mass is 16.5. The number of ether oxygens (including phenoxy) is 1. The Bertz CT molecular complexity index is 768. The number of rotatable bonds is 5. The number of carbonyl (C=O) groups excluding carboxylic acids is 2. The lowest BCUT2D eigenvalue weighted by atomic mass is 10.1. The van der Waals surface area contributed by atoms with E-state index in [0.717, 1.165) is 28.8 Å². The van der Waals surface area contributed by atoms with E-state index in [4.69, 9.17) is 4.74 Å². The number of nitrogens with one attached hydrogen (secondary N) is 1. The lowest BCUT2D eigenvalue weighted by Gasteiger charge is -2.13. The van der Waals surface area contributed by atoms with Crippen LogP contribution in [0.2, 0.25) is 0 Å². The Labute approximate surface area is 141 Å². The Balaban J connectivity index is 2.01. The number of hydrogen-bond acceptors (Lipinski definition) is 4. The number of anilines is 1. The molecule has 5 heteroatoms. The predicted octanol–water partition coefficient (Wildman–Crippen LogP) is 3.37. The zero-order chi connectivity index (χ0) is 17.7. The monoisotopic (exact) mass is 327 g/mol. The summed E-state index contributed by atoms with van der Waals surface area (Å²) in [6, 6.07) is 10.4. The van der Waals surface area contributed by atoms with E-state index in [0.29, 0.717) is 0 Å². The molecule has 2 aromatic carbocycles. The highest BCUT2D eigenvalue weighted by Gasteiger charge is 2.15. The minimum Gasteiger partial charge on any atom is -0.507 e. The number of esters is 1. The Kier molecular flexibility index (Phi) is 5.58. The predicted molar refractivity (Wildman–Crippen MR) is 92.3 cm³/mol. The molecular weight excluding hydrogens is 306 g/mol. The van der Waals surface area contributed by atoms with E-state index in [-0.39, 0.29) is 11.3 Å². The van der Waals surface area contributed by atoms with E-state index in [1.807, 2.05) is 32.0 Å². The van der Waals surface area contributed by atoms with E-state index >= 15 is 0 Å². The molecule has 2 rings (SSSR count). The summed E-state index contributed by atoms with van der Waals surface area (Å²) in [5.41, 5.74) is 3.58. The summed E-state index contributed by atoms with van der Waals surface area (Å²) in [6.07, 6.45) is 0.786. The van der Waals surface area contributed by atoms with Crippen molar-refractivity contribution in [3.05, 3.63) is 58.7 Å². The summed E-state index contributed by atoms with van der Waals surface area (Å²) >= 11 is 0. The van der Waals surface area contributed by atoms with Crippen LogP contribution < -0.4 is 5.32 Å². The molecule has 0 aliphatic rings. The highest BCUT2D eigenvalue weighted by molar-refractivity contribution is 5.97. The molecule has 2 aromatic rings. The van der Waals surface area contributed by atoms with Crippen molar-refractivity contribution in [1.29, 1.82) is 0 Å². The van der Waals surface area contributed by atoms with Gasteiger partial charge in [0, 0.05) is 5.69 Å². The van der Waals surface area contributed by atoms with Crippen molar-refractivity contribution < 1.29 is 19.4 Å². The van der Waals surface area contributed by atoms with E-state index < -0.39 is 18.5 Å². The van der Waals surface area contributed by atoms with Gasteiger partial charge in [-0.15, -0.1) is 0 Å². The smallest absolute Gasteiger partial charge is 0.342 e. The van der Waals surface area contributed by atoms with Crippen molar-refractivity contribution >= 4 is 17.6 Å². The summed E-state index contributed by atoms with van der Waals surface area (Å²) in [5, 5.41) is 12.5. The van der Waals surface area contributed by atoms with Gasteiger partial charge in [0.25, 0.3) is 5.91 Å². The van der Waals surface area contributed by atoms with Crippen molar-refractivity contribution in [3.63, 3.8) is 0 Å². The first-order valence-corrected chi connectivity index (χ1v) is 7.77. The van der Waals surface area contributed by atoms with Crippen LogP contribution >= 0.6 is 0 Å². The van der Waals surface area contributed by atoms with E-state index in [1.165, 1.54) is 12.1 Å². The first-order valence-electron chi connectivity index (χ1n) is 7.77. The summed E-state index contributed by atoms with van der Waals surface area (Å²) in [5.74, 6) is -1.32. The molecule has 0 aliphatic heterocycles. The van der Waals surface area contributed by atoms with Crippen LogP contribution in [0.4, 0.5) is 5.69 Å². The molecule has 126 valence electrons. The van der Waals surface area contributed by atoms with Crippen molar-refractivity contribution in [3.8, 4) is 5.75 Å². The Morgan fingerprint density at radius 3 is 2.62 bits per heavy atom. The van der Waals surface area contributed by atoms with Gasteiger partial charge >= 0.3 is 5.97 Å². The molecule has 24 heavy (non-hydrogen) atoms. The van der Waals surface area contributed by atoms with Gasteiger partial charge in [0.15, 0.2) is 6.61 Å². The van der Waals surface area contributed by atoms with Gasteiger partial charge in [0.2, 0.25) is 0 Å². The minimum absolute atomic E-state index is 0.0490. The second-order valence-corrected chi connectivity index (χ2v) is 5.61. The van der Waals surface area contributed by atoms with E-state index in [2.05, 4.69) is 5.32 Å². The number of phenolic OH excluding ortho intramolecular Hbond substituents is 1. The number of para-hydroxylation sites is 1. The first kappa shape index (κ1) is 17.5. The van der Waals surface area contributed by atoms with E-state index in [9.17, 15) is 14.7 Å². The fourth-order valence-electron chi connectivity index (χ4n) is 2.40. The summed E-state index contributed by atoms with van der Waals surface area (Å²) in [4.78, 5) is 24.1. The second-order valence-electron chi connectivity index (χ2n) is 5.61. The number of aromatic hydroxyl groups is 1. The molecule has 0 saturated heterocycles. The van der Waals surface area contributed by atoms with Gasteiger partial charge in [-0.2, -0.15) is 0 Å². The number of carbonyl (C=O) groups is 2. The van der Waals surface area contributed by atoms with Gasteiger partial charge in [-0.1, -0.05) is 36.8 Å². The van der Waals surface area contributed by atoms with Gasteiger partial charge < -0.3 is 15.2 Å². The van der Waals surface area contributed by atoms with Crippen LogP contribution in [0.5, 0.6) is 5.75 Å². The third kappa shape index (κ3) is 4.13. The molecule has 1 amide bonds. The van der Waals surface area contributed by atoms with E-state index in [1.54, 1.807) is 13.0 Å². The topological polar surface area (TPSA) is 75.6 Å². The fourth-order valence-corrected chi connectivity index (χ4v) is 2.40. The Morgan fingerprint density at radius 2 is 1.92 bits per heavy atom. The van der Waals surface area contributed by atoms with Crippen molar-refractivity contribution in [2.24, 2.45) is 0 Å². The molecule has 0 fully saturated rings. The third-order valence-electron chi connectivity index (χ3n) is 3.71. The van der Waals surface area contributed by atoms with Crippen LogP contribution in [-0.4, -0.2) is 23.6 Å². The van der Waals surface area contributed by atoms with Crippen LogP contribution in [-0.2, 0) is 16.0 Å². The largest absolute Gasteiger partial charge is 0.507 e. The molecule has 0 spiro atoms. The zero-order valence-electron chi connectivity index (χ0n) is 14.1. The van der Waals surface area contributed by atoms with Crippen LogP contribution in [0, 0.1) is 13.8 Å². The quantitative estimate of drug-likeness (QED) is 0.826. The van der Waals surface area contributed by atoms with Crippen LogP contribution in [0.1, 0.15) is 34.0 Å². The molecule has 5 nitrogen and oxygen atoms in total. The van der Waals surface area contributed by atoms with Gasteiger partial charge in [-0.3, -0.25) is 4.79 Å². The minimum atomic E-state index is -0.730. The molecule has 0 aliphatic carbocycles. The van der Waals surface area contributed by atoms with Crippen LogP contribution in [0.15, 0.2) is 36.4 Å². The third-order valence-corrected chi connectivity index (χ3v) is 3.71. The van der Waals surface area contributed by atoms with Gasteiger partial charge in [-0.05, 0) is 43.5 Å². The first-order chi connectivity index (χ1) is 11.4. The normalized spacial score (nSPS) is 10.3. The molecule has 0 bridgehead atoms. The lowest BCUT2D eigenvalue weighted by molar-refractivity contribution is -0.119. The number of hydrogen-bond donors (Lipinski definition) is 2.